The molecule has 1 rings (SSSR count). The van der Waals surface area contributed by atoms with Crippen LogP contribution in [0.3, 0.4) is 0 Å². The van der Waals surface area contributed by atoms with Gasteiger partial charge in [-0.15, -0.1) is 0 Å². The van der Waals surface area contributed by atoms with Gasteiger partial charge in [-0.3, -0.25) is 0 Å². The molecule has 1 unspecified atom stereocenters. The number of hydrogen-bond donors (Lipinski definition) is 1. The van der Waals surface area contributed by atoms with E-state index in [0.29, 0.717) is 32.3 Å². The molecule has 0 spiro atoms. The molecule has 116 valence electrons. The Labute approximate surface area is 122 Å². The highest BCUT2D eigenvalue weighted by Crippen LogP contribution is 2.14. The summed E-state index contributed by atoms with van der Waals surface area (Å²) in [6.45, 7) is 6.95. The van der Waals surface area contributed by atoms with Crippen LogP contribution in [0.4, 0.5) is 0 Å². The molecule has 0 aromatic heterocycles. The quantitative estimate of drug-likeness (QED) is 0.489. The fourth-order valence-electron chi connectivity index (χ4n) is 2.26. The zero-order valence-electron chi connectivity index (χ0n) is 12.6. The highest BCUT2D eigenvalue weighted by atomic mass is 16.5. The van der Waals surface area contributed by atoms with Crippen molar-refractivity contribution in [2.75, 3.05) is 66.3 Å². The van der Waals surface area contributed by atoms with E-state index in [0.717, 1.165) is 26.2 Å². The lowest BCUT2D eigenvalue weighted by atomic mass is 9.98. The Morgan fingerprint density at radius 1 is 1.15 bits per heavy atom. The molecular weight excluding hydrogens is 256 g/mol. The molecule has 0 aromatic rings. The first-order chi connectivity index (χ1) is 9.86. The first-order valence-corrected chi connectivity index (χ1v) is 7.39. The van der Waals surface area contributed by atoms with Crippen LogP contribution in [0.25, 0.3) is 0 Å². The largest absolute Gasteiger partial charge is 0.378 e. The van der Waals surface area contributed by atoms with Gasteiger partial charge in [-0.2, -0.15) is 0 Å². The topological polar surface area (TPSA) is 57.0 Å². The van der Waals surface area contributed by atoms with Crippen molar-refractivity contribution in [3.63, 3.8) is 0 Å². The van der Waals surface area contributed by atoms with Gasteiger partial charge in [0.15, 0.2) is 0 Å². The van der Waals surface area contributed by atoms with Crippen molar-refractivity contribution in [3.05, 3.63) is 0 Å². The molecule has 0 radical (unpaired) electrons. The van der Waals surface area contributed by atoms with Crippen molar-refractivity contribution in [1.29, 1.82) is 0 Å². The smallest absolute Gasteiger partial charge is 0.107 e. The molecule has 1 fully saturated rings. The molecule has 0 aliphatic carbocycles. The van der Waals surface area contributed by atoms with Crippen molar-refractivity contribution in [1.82, 2.24) is 4.90 Å². The molecule has 1 aliphatic heterocycles. The van der Waals surface area contributed by atoms with Gasteiger partial charge in [0, 0.05) is 20.2 Å². The van der Waals surface area contributed by atoms with Crippen molar-refractivity contribution in [2.45, 2.75) is 12.8 Å². The summed E-state index contributed by atoms with van der Waals surface area (Å²) in [5, 5.41) is 0. The molecule has 1 heterocycles. The molecule has 1 aliphatic rings. The predicted octanol–water partition coefficient (Wildman–Crippen LogP) is 0.340. The third-order valence-corrected chi connectivity index (χ3v) is 3.38. The molecule has 1 saturated heterocycles. The fraction of sp³-hybridized carbons (Fsp3) is 0.867. The summed E-state index contributed by atoms with van der Waals surface area (Å²) < 4.78 is 15.7. The minimum atomic E-state index is 0.441. The number of likely N-dealkylation sites (tertiary alicyclic amines) is 1. The molecule has 0 amide bonds. The number of methoxy groups -OCH3 is 1. The highest BCUT2D eigenvalue weighted by molar-refractivity contribution is 4.98. The van der Waals surface area contributed by atoms with Crippen LogP contribution in [0, 0.1) is 17.8 Å². The Hall–Kier alpha value is -0.640. The average Bonchev–Trinajstić information content (AvgIpc) is 2.49. The third-order valence-electron chi connectivity index (χ3n) is 3.38. The lowest BCUT2D eigenvalue weighted by Crippen LogP contribution is -2.40. The van der Waals surface area contributed by atoms with E-state index in [4.69, 9.17) is 19.9 Å². The second-order valence-corrected chi connectivity index (χ2v) is 5.00. The summed E-state index contributed by atoms with van der Waals surface area (Å²) in [5.74, 6) is 6.37. The summed E-state index contributed by atoms with van der Waals surface area (Å²) >= 11 is 0. The predicted molar refractivity (Wildman–Crippen MR) is 79.5 cm³/mol. The maximum atomic E-state index is 5.73. The Morgan fingerprint density at radius 3 is 2.75 bits per heavy atom. The Bertz CT molecular complexity index is 289. The molecule has 2 N–H and O–H groups in total. The number of ether oxygens (including phenoxy) is 3. The van der Waals surface area contributed by atoms with Gasteiger partial charge in [-0.1, -0.05) is 11.8 Å². The Balaban J connectivity index is 1.88. The zero-order chi connectivity index (χ0) is 14.5. The van der Waals surface area contributed by atoms with Crippen LogP contribution in [0.15, 0.2) is 0 Å². The molecule has 5 heteroatoms. The summed E-state index contributed by atoms with van der Waals surface area (Å²) in [6, 6.07) is 0. The van der Waals surface area contributed by atoms with E-state index < -0.39 is 0 Å². The van der Waals surface area contributed by atoms with Crippen molar-refractivity contribution in [3.8, 4) is 11.8 Å². The summed E-state index contributed by atoms with van der Waals surface area (Å²) in [7, 11) is 1.63. The maximum absolute atomic E-state index is 5.73. The van der Waals surface area contributed by atoms with E-state index in [2.05, 4.69) is 16.7 Å². The minimum absolute atomic E-state index is 0.441. The van der Waals surface area contributed by atoms with E-state index in [1.165, 1.54) is 19.4 Å². The first-order valence-electron chi connectivity index (χ1n) is 7.39. The number of piperidine rings is 1. The van der Waals surface area contributed by atoms with E-state index >= 15 is 0 Å². The number of hydrogen-bond acceptors (Lipinski definition) is 5. The van der Waals surface area contributed by atoms with E-state index in [9.17, 15) is 0 Å². The first kappa shape index (κ1) is 17.4. The van der Waals surface area contributed by atoms with E-state index in [1.807, 2.05) is 0 Å². The highest BCUT2D eigenvalue weighted by Gasteiger charge is 2.17. The van der Waals surface area contributed by atoms with Gasteiger partial charge >= 0.3 is 0 Å². The van der Waals surface area contributed by atoms with E-state index in [1.54, 1.807) is 7.11 Å². The molecular formula is C15H28N2O3. The van der Waals surface area contributed by atoms with Gasteiger partial charge in [0.25, 0.3) is 0 Å². The SMILES string of the molecule is COCC#CCOCCOCCN1CCCC(CN)C1. The van der Waals surface area contributed by atoms with Crippen LogP contribution in [-0.4, -0.2) is 71.2 Å². The van der Waals surface area contributed by atoms with Gasteiger partial charge in [-0.05, 0) is 31.8 Å². The Kier molecular flexibility index (Phi) is 10.6. The van der Waals surface area contributed by atoms with E-state index in [-0.39, 0.29) is 0 Å². The summed E-state index contributed by atoms with van der Waals surface area (Å²) in [6.07, 6.45) is 2.52. The second kappa shape index (κ2) is 12.1. The molecule has 0 aromatic carbocycles. The normalized spacial score (nSPS) is 19.6. The van der Waals surface area contributed by atoms with Crippen LogP contribution in [0.5, 0.6) is 0 Å². The van der Waals surface area contributed by atoms with Crippen molar-refractivity contribution < 1.29 is 14.2 Å². The fourth-order valence-corrected chi connectivity index (χ4v) is 2.26. The molecule has 20 heavy (non-hydrogen) atoms. The zero-order valence-corrected chi connectivity index (χ0v) is 12.6. The van der Waals surface area contributed by atoms with Gasteiger partial charge in [0.05, 0.1) is 19.8 Å². The monoisotopic (exact) mass is 284 g/mol. The van der Waals surface area contributed by atoms with Crippen LogP contribution >= 0.6 is 0 Å². The number of nitrogens with zero attached hydrogens (tertiary/aromatic N) is 1. The lowest BCUT2D eigenvalue weighted by Gasteiger charge is -2.31. The maximum Gasteiger partial charge on any atom is 0.107 e. The van der Waals surface area contributed by atoms with Crippen LogP contribution in [0.2, 0.25) is 0 Å². The van der Waals surface area contributed by atoms with Gasteiger partial charge in [0.1, 0.15) is 13.2 Å². The average molecular weight is 284 g/mol. The van der Waals surface area contributed by atoms with Gasteiger partial charge in [-0.25, -0.2) is 0 Å². The number of nitrogens with two attached hydrogens (primary N) is 1. The molecule has 1 atom stereocenters. The van der Waals surface area contributed by atoms with Crippen LogP contribution < -0.4 is 5.73 Å². The standard InChI is InChI=1S/C15H28N2O3/c1-18-8-2-3-9-19-11-12-20-10-7-17-6-4-5-15(13-16)14-17/h15H,4-14,16H2,1H3. The van der Waals surface area contributed by atoms with Crippen molar-refractivity contribution >= 4 is 0 Å². The summed E-state index contributed by atoms with van der Waals surface area (Å²) in [4.78, 5) is 2.44. The van der Waals surface area contributed by atoms with Gasteiger partial charge < -0.3 is 24.8 Å². The summed E-state index contributed by atoms with van der Waals surface area (Å²) in [5.41, 5.74) is 5.73. The second-order valence-electron chi connectivity index (χ2n) is 5.00. The van der Waals surface area contributed by atoms with Crippen LogP contribution in [0.1, 0.15) is 12.8 Å². The minimum Gasteiger partial charge on any atom is -0.378 e. The van der Waals surface area contributed by atoms with Crippen LogP contribution in [-0.2, 0) is 14.2 Å². The third kappa shape index (κ3) is 8.51. The lowest BCUT2D eigenvalue weighted by molar-refractivity contribution is 0.0426. The Morgan fingerprint density at radius 2 is 1.95 bits per heavy atom. The van der Waals surface area contributed by atoms with Crippen molar-refractivity contribution in [2.24, 2.45) is 11.7 Å². The molecule has 0 bridgehead atoms. The molecule has 0 saturated carbocycles. The van der Waals surface area contributed by atoms with Gasteiger partial charge in [0.2, 0.25) is 0 Å². The molecule has 5 nitrogen and oxygen atoms in total. The number of rotatable bonds is 9.